The SMILES string of the molecule is CC1CCN(c2ccc(C(=O)Nc3c(Br)cc(Br)cc3-c3nc4ccccc4s3)cc2[N+](=O)[O-])CC1. The molecule has 0 saturated carbocycles. The van der Waals surface area contributed by atoms with Gasteiger partial charge in [-0.1, -0.05) is 35.0 Å². The number of aromatic nitrogens is 1. The lowest BCUT2D eigenvalue weighted by Crippen LogP contribution is -2.33. The van der Waals surface area contributed by atoms with Gasteiger partial charge in [0.1, 0.15) is 10.7 Å². The Hall–Kier alpha value is -2.82. The van der Waals surface area contributed by atoms with Gasteiger partial charge in [-0.3, -0.25) is 14.9 Å². The molecule has 0 radical (unpaired) electrons. The third-order valence-electron chi connectivity index (χ3n) is 6.38. The summed E-state index contributed by atoms with van der Waals surface area (Å²) in [6, 6.07) is 16.3. The van der Waals surface area contributed by atoms with Crippen molar-refractivity contribution in [1.82, 2.24) is 4.98 Å². The third-order valence-corrected chi connectivity index (χ3v) is 8.53. The molecule has 0 atom stereocenters. The van der Waals surface area contributed by atoms with Gasteiger partial charge in [-0.2, -0.15) is 0 Å². The summed E-state index contributed by atoms with van der Waals surface area (Å²) in [5, 5.41) is 15.6. The zero-order valence-corrected chi connectivity index (χ0v) is 23.3. The van der Waals surface area contributed by atoms with Crippen LogP contribution in [0.2, 0.25) is 0 Å². The number of hydrogen-bond donors (Lipinski definition) is 1. The number of nitro groups is 1. The second-order valence-corrected chi connectivity index (χ2v) is 11.7. The number of carbonyl (C=O) groups excluding carboxylic acids is 1. The molecule has 1 aliphatic heterocycles. The summed E-state index contributed by atoms with van der Waals surface area (Å²) >= 11 is 8.62. The number of carbonyl (C=O) groups is 1. The molecule has 184 valence electrons. The van der Waals surface area contributed by atoms with Crippen LogP contribution >= 0.6 is 43.2 Å². The van der Waals surface area contributed by atoms with Gasteiger partial charge in [-0.05, 0) is 71.1 Å². The Labute approximate surface area is 228 Å². The predicted molar refractivity (Wildman–Crippen MR) is 152 cm³/mol. The Balaban J connectivity index is 1.48. The van der Waals surface area contributed by atoms with E-state index in [1.807, 2.05) is 41.3 Å². The van der Waals surface area contributed by atoms with E-state index in [4.69, 9.17) is 4.98 Å². The normalized spacial score (nSPS) is 14.2. The predicted octanol–water partition coefficient (Wildman–Crippen LogP) is 7.89. The van der Waals surface area contributed by atoms with Crippen LogP contribution in [0.1, 0.15) is 30.1 Å². The van der Waals surface area contributed by atoms with Crippen molar-refractivity contribution < 1.29 is 9.72 Å². The van der Waals surface area contributed by atoms with E-state index in [9.17, 15) is 14.9 Å². The molecule has 3 aromatic carbocycles. The number of rotatable bonds is 5. The molecule has 1 aliphatic rings. The van der Waals surface area contributed by atoms with E-state index in [2.05, 4.69) is 44.1 Å². The number of fused-ring (bicyclic) bond motifs is 1. The van der Waals surface area contributed by atoms with Crippen molar-refractivity contribution in [2.45, 2.75) is 19.8 Å². The first-order chi connectivity index (χ1) is 17.3. The lowest BCUT2D eigenvalue weighted by atomic mass is 9.98. The Bertz CT molecular complexity index is 1450. The van der Waals surface area contributed by atoms with Crippen LogP contribution in [0.5, 0.6) is 0 Å². The number of amides is 1. The van der Waals surface area contributed by atoms with E-state index in [1.54, 1.807) is 12.1 Å². The van der Waals surface area contributed by atoms with Crippen molar-refractivity contribution in [3.05, 3.63) is 79.2 Å². The summed E-state index contributed by atoms with van der Waals surface area (Å²) < 4.78 is 2.55. The average Bonchev–Trinajstić information content (AvgIpc) is 3.30. The van der Waals surface area contributed by atoms with Crippen molar-refractivity contribution in [2.75, 3.05) is 23.3 Å². The molecule has 10 heteroatoms. The number of nitro benzene ring substituents is 1. The number of hydrogen-bond acceptors (Lipinski definition) is 6. The smallest absolute Gasteiger partial charge is 0.293 e. The highest BCUT2D eigenvalue weighted by Gasteiger charge is 2.25. The minimum Gasteiger partial charge on any atom is -0.366 e. The van der Waals surface area contributed by atoms with Crippen LogP contribution in [0.3, 0.4) is 0 Å². The van der Waals surface area contributed by atoms with Crippen LogP contribution in [-0.2, 0) is 0 Å². The summed E-state index contributed by atoms with van der Waals surface area (Å²) in [5.74, 6) is 0.182. The van der Waals surface area contributed by atoms with Crippen molar-refractivity contribution >= 4 is 76.4 Å². The van der Waals surface area contributed by atoms with Gasteiger partial charge in [0.2, 0.25) is 0 Å². The van der Waals surface area contributed by atoms with Crippen LogP contribution < -0.4 is 10.2 Å². The van der Waals surface area contributed by atoms with Gasteiger partial charge in [-0.25, -0.2) is 4.98 Å². The summed E-state index contributed by atoms with van der Waals surface area (Å²) in [7, 11) is 0. The summed E-state index contributed by atoms with van der Waals surface area (Å²) in [6.45, 7) is 3.73. The minimum atomic E-state index is -0.428. The maximum Gasteiger partial charge on any atom is 0.293 e. The fourth-order valence-electron chi connectivity index (χ4n) is 4.37. The molecule has 1 fully saturated rings. The van der Waals surface area contributed by atoms with Crippen molar-refractivity contribution in [1.29, 1.82) is 0 Å². The molecule has 0 unspecified atom stereocenters. The zero-order valence-electron chi connectivity index (χ0n) is 19.3. The second kappa shape index (κ2) is 10.3. The molecule has 0 spiro atoms. The molecule has 36 heavy (non-hydrogen) atoms. The Morgan fingerprint density at radius 2 is 1.89 bits per heavy atom. The molecule has 1 aromatic heterocycles. The number of halogens is 2. The molecular formula is C26H22Br2N4O3S. The van der Waals surface area contributed by atoms with Gasteiger partial charge in [0.25, 0.3) is 11.6 Å². The Morgan fingerprint density at radius 3 is 2.61 bits per heavy atom. The van der Waals surface area contributed by atoms with E-state index in [1.165, 1.54) is 17.4 Å². The average molecular weight is 630 g/mol. The van der Waals surface area contributed by atoms with Crippen LogP contribution in [-0.4, -0.2) is 28.9 Å². The fraction of sp³-hybridized carbons (Fsp3) is 0.231. The number of anilines is 2. The highest BCUT2D eigenvalue weighted by Crippen LogP contribution is 2.41. The molecule has 1 amide bonds. The van der Waals surface area contributed by atoms with Crippen molar-refractivity contribution in [3.63, 3.8) is 0 Å². The molecule has 5 rings (SSSR count). The fourth-order valence-corrected chi connectivity index (χ4v) is 6.68. The van der Waals surface area contributed by atoms with E-state index in [0.29, 0.717) is 21.8 Å². The second-order valence-electron chi connectivity index (χ2n) is 8.88. The minimum absolute atomic E-state index is 0.0570. The maximum atomic E-state index is 13.3. The standard InChI is InChI=1S/C26H22Br2N4O3S/c1-15-8-10-31(11-9-15)21-7-6-16(12-22(21)32(34)35)25(33)30-24-18(13-17(27)14-19(24)28)26-29-20-4-2-3-5-23(20)36-26/h2-7,12-15H,8-11H2,1H3,(H,30,33). The van der Waals surface area contributed by atoms with Crippen LogP contribution in [0.15, 0.2) is 63.5 Å². The van der Waals surface area contributed by atoms with Gasteiger partial charge in [0, 0.05) is 39.2 Å². The zero-order chi connectivity index (χ0) is 25.4. The summed E-state index contributed by atoms with van der Waals surface area (Å²) in [5.41, 5.74) is 2.91. The number of piperidine rings is 1. The maximum absolute atomic E-state index is 13.3. The van der Waals surface area contributed by atoms with Crippen molar-refractivity contribution in [3.8, 4) is 10.6 Å². The number of nitrogens with one attached hydrogen (secondary N) is 1. The molecule has 0 bridgehead atoms. The number of nitrogens with zero attached hydrogens (tertiary/aromatic N) is 3. The molecule has 4 aromatic rings. The first-order valence-electron chi connectivity index (χ1n) is 11.5. The highest BCUT2D eigenvalue weighted by atomic mass is 79.9. The monoisotopic (exact) mass is 628 g/mol. The van der Waals surface area contributed by atoms with Gasteiger partial charge >= 0.3 is 0 Å². The molecular weight excluding hydrogens is 608 g/mol. The third kappa shape index (κ3) is 5.02. The molecule has 0 aliphatic carbocycles. The molecule has 1 N–H and O–H groups in total. The van der Waals surface area contributed by atoms with E-state index in [-0.39, 0.29) is 11.3 Å². The topological polar surface area (TPSA) is 88.4 Å². The number of benzene rings is 3. The first kappa shape index (κ1) is 24.9. The van der Waals surface area contributed by atoms with Gasteiger partial charge < -0.3 is 10.2 Å². The Morgan fingerprint density at radius 1 is 1.14 bits per heavy atom. The van der Waals surface area contributed by atoms with E-state index in [0.717, 1.165) is 51.2 Å². The van der Waals surface area contributed by atoms with Gasteiger partial charge in [-0.15, -0.1) is 11.3 Å². The Kier molecular flexibility index (Phi) is 7.09. The molecule has 7 nitrogen and oxygen atoms in total. The lowest BCUT2D eigenvalue weighted by molar-refractivity contribution is -0.384. The van der Waals surface area contributed by atoms with Gasteiger partial charge in [0.05, 0.1) is 20.8 Å². The number of para-hydroxylation sites is 1. The first-order valence-corrected chi connectivity index (χ1v) is 13.9. The van der Waals surface area contributed by atoms with Crippen LogP contribution in [0.4, 0.5) is 17.1 Å². The largest absolute Gasteiger partial charge is 0.366 e. The highest BCUT2D eigenvalue weighted by molar-refractivity contribution is 9.11. The summed E-state index contributed by atoms with van der Waals surface area (Å²) in [4.78, 5) is 31.6. The summed E-state index contributed by atoms with van der Waals surface area (Å²) in [6.07, 6.45) is 1.98. The lowest BCUT2D eigenvalue weighted by Gasteiger charge is -2.31. The van der Waals surface area contributed by atoms with E-state index >= 15 is 0 Å². The molecule has 1 saturated heterocycles. The van der Waals surface area contributed by atoms with Crippen LogP contribution in [0, 0.1) is 16.0 Å². The van der Waals surface area contributed by atoms with Crippen LogP contribution in [0.25, 0.3) is 20.8 Å². The number of thiazole rings is 1. The van der Waals surface area contributed by atoms with E-state index < -0.39 is 10.8 Å². The van der Waals surface area contributed by atoms with Gasteiger partial charge in [0.15, 0.2) is 0 Å². The quantitative estimate of drug-likeness (QED) is 0.179. The van der Waals surface area contributed by atoms with Crippen molar-refractivity contribution in [2.24, 2.45) is 5.92 Å². The molecule has 2 heterocycles.